The zero-order chi connectivity index (χ0) is 12.8. The van der Waals surface area contributed by atoms with Crippen molar-refractivity contribution >= 4 is 16.7 Å². The lowest BCUT2D eigenvalue weighted by atomic mass is 10.1. The Hall–Kier alpha value is -1.65. The van der Waals surface area contributed by atoms with E-state index in [2.05, 4.69) is 23.4 Å². The van der Waals surface area contributed by atoms with Gasteiger partial charge < -0.3 is 10.2 Å². The van der Waals surface area contributed by atoms with Crippen molar-refractivity contribution in [1.29, 1.82) is 0 Å². The number of nitrogen functional groups attached to an aromatic ring is 1. The van der Waals surface area contributed by atoms with E-state index in [1.807, 2.05) is 24.3 Å². The summed E-state index contributed by atoms with van der Waals surface area (Å²) in [4.78, 5) is 4.48. The van der Waals surface area contributed by atoms with Gasteiger partial charge in [-0.2, -0.15) is 0 Å². The highest BCUT2D eigenvalue weighted by atomic mass is 16.5. The van der Waals surface area contributed by atoms with Crippen LogP contribution in [0, 0.1) is 0 Å². The number of hydrogen-bond acceptors (Lipinski definition) is 4. The summed E-state index contributed by atoms with van der Waals surface area (Å²) in [6.07, 6.45) is 2.21. The SMILES string of the molecule is CCCCOCc1cc2ccccc2nc1NN. The molecule has 0 saturated heterocycles. The van der Waals surface area contributed by atoms with Gasteiger partial charge in [-0.1, -0.05) is 31.5 Å². The lowest BCUT2D eigenvalue weighted by Gasteiger charge is -2.10. The van der Waals surface area contributed by atoms with Crippen molar-refractivity contribution in [2.45, 2.75) is 26.4 Å². The fraction of sp³-hybridized carbons (Fsp3) is 0.357. The summed E-state index contributed by atoms with van der Waals surface area (Å²) in [5, 5.41) is 1.10. The molecule has 4 heteroatoms. The number of nitrogens with two attached hydrogens (primary N) is 1. The van der Waals surface area contributed by atoms with Gasteiger partial charge in [0.15, 0.2) is 0 Å². The minimum atomic E-state index is 0.539. The molecule has 0 unspecified atom stereocenters. The van der Waals surface area contributed by atoms with Gasteiger partial charge in [-0.05, 0) is 18.6 Å². The van der Waals surface area contributed by atoms with Crippen LogP contribution in [0.4, 0.5) is 5.82 Å². The van der Waals surface area contributed by atoms with E-state index in [0.717, 1.165) is 35.9 Å². The predicted octanol–water partition coefficient (Wildman–Crippen LogP) is 2.84. The third-order valence-electron chi connectivity index (χ3n) is 2.84. The Bertz CT molecular complexity index is 513. The van der Waals surface area contributed by atoms with Crippen LogP contribution in [0.3, 0.4) is 0 Å². The van der Waals surface area contributed by atoms with Gasteiger partial charge in [-0.25, -0.2) is 10.8 Å². The number of aromatic nitrogens is 1. The number of nitrogens with zero attached hydrogens (tertiary/aromatic N) is 1. The summed E-state index contributed by atoms with van der Waals surface area (Å²) in [7, 11) is 0. The first-order valence-electron chi connectivity index (χ1n) is 6.28. The number of benzene rings is 1. The number of rotatable bonds is 6. The molecular formula is C14H19N3O. The van der Waals surface area contributed by atoms with Gasteiger partial charge in [0.05, 0.1) is 12.1 Å². The topological polar surface area (TPSA) is 60.2 Å². The molecule has 0 amide bonds. The number of hydrogen-bond donors (Lipinski definition) is 2. The number of hydrazine groups is 1. The average molecular weight is 245 g/mol. The lowest BCUT2D eigenvalue weighted by Crippen LogP contribution is -2.12. The summed E-state index contributed by atoms with van der Waals surface area (Å²) >= 11 is 0. The van der Waals surface area contributed by atoms with Crippen molar-refractivity contribution in [3.05, 3.63) is 35.9 Å². The molecule has 1 aromatic heterocycles. The number of ether oxygens (including phenoxy) is 1. The van der Waals surface area contributed by atoms with Crippen LogP contribution in [0.25, 0.3) is 10.9 Å². The van der Waals surface area contributed by atoms with Crippen LogP contribution in [0.15, 0.2) is 30.3 Å². The molecule has 0 aliphatic rings. The van der Waals surface area contributed by atoms with Gasteiger partial charge in [-0.3, -0.25) is 0 Å². The van der Waals surface area contributed by atoms with Crippen LogP contribution < -0.4 is 11.3 Å². The number of para-hydroxylation sites is 1. The van der Waals surface area contributed by atoms with Gasteiger partial charge in [0, 0.05) is 17.6 Å². The summed E-state index contributed by atoms with van der Waals surface area (Å²) in [5.41, 5.74) is 4.56. The smallest absolute Gasteiger partial charge is 0.146 e. The Balaban J connectivity index is 2.19. The zero-order valence-electron chi connectivity index (χ0n) is 10.6. The predicted molar refractivity (Wildman–Crippen MR) is 74.1 cm³/mol. The third kappa shape index (κ3) is 2.97. The number of nitrogens with one attached hydrogen (secondary N) is 1. The van der Waals surface area contributed by atoms with E-state index in [1.54, 1.807) is 0 Å². The summed E-state index contributed by atoms with van der Waals surface area (Å²) < 4.78 is 5.62. The molecular weight excluding hydrogens is 226 g/mol. The number of unbranched alkanes of at least 4 members (excludes halogenated alkanes) is 1. The Morgan fingerprint density at radius 1 is 1.33 bits per heavy atom. The summed E-state index contributed by atoms with van der Waals surface area (Å²) in [6.45, 7) is 3.46. The molecule has 0 atom stereocenters. The molecule has 2 rings (SSSR count). The van der Waals surface area contributed by atoms with Gasteiger partial charge in [0.2, 0.25) is 0 Å². The molecule has 0 spiro atoms. The Kier molecular flexibility index (Phi) is 4.50. The van der Waals surface area contributed by atoms with Crippen LogP contribution in [-0.2, 0) is 11.3 Å². The van der Waals surface area contributed by atoms with Gasteiger partial charge >= 0.3 is 0 Å². The molecule has 0 radical (unpaired) electrons. The monoisotopic (exact) mass is 245 g/mol. The average Bonchev–Trinajstić information content (AvgIpc) is 2.42. The molecule has 96 valence electrons. The second kappa shape index (κ2) is 6.33. The Morgan fingerprint density at radius 3 is 2.94 bits per heavy atom. The molecule has 0 bridgehead atoms. The van der Waals surface area contributed by atoms with E-state index < -0.39 is 0 Å². The van der Waals surface area contributed by atoms with Crippen molar-refractivity contribution in [3.8, 4) is 0 Å². The van der Waals surface area contributed by atoms with Crippen LogP contribution in [0.5, 0.6) is 0 Å². The van der Waals surface area contributed by atoms with Crippen LogP contribution in [-0.4, -0.2) is 11.6 Å². The van der Waals surface area contributed by atoms with Crippen molar-refractivity contribution in [2.24, 2.45) is 5.84 Å². The van der Waals surface area contributed by atoms with E-state index in [4.69, 9.17) is 10.6 Å². The van der Waals surface area contributed by atoms with Crippen molar-refractivity contribution < 1.29 is 4.74 Å². The van der Waals surface area contributed by atoms with E-state index >= 15 is 0 Å². The van der Waals surface area contributed by atoms with Gasteiger partial charge in [0.25, 0.3) is 0 Å². The summed E-state index contributed by atoms with van der Waals surface area (Å²) in [5.74, 6) is 6.19. The quantitative estimate of drug-likeness (QED) is 0.467. The lowest BCUT2D eigenvalue weighted by molar-refractivity contribution is 0.118. The Morgan fingerprint density at radius 2 is 2.17 bits per heavy atom. The third-order valence-corrected chi connectivity index (χ3v) is 2.84. The van der Waals surface area contributed by atoms with Crippen LogP contribution >= 0.6 is 0 Å². The second-order valence-electron chi connectivity index (χ2n) is 4.24. The maximum Gasteiger partial charge on any atom is 0.146 e. The van der Waals surface area contributed by atoms with E-state index in [-0.39, 0.29) is 0 Å². The first kappa shape index (κ1) is 12.8. The van der Waals surface area contributed by atoms with Crippen molar-refractivity contribution in [3.63, 3.8) is 0 Å². The van der Waals surface area contributed by atoms with Gasteiger partial charge in [-0.15, -0.1) is 0 Å². The summed E-state index contributed by atoms with van der Waals surface area (Å²) in [6, 6.07) is 10.0. The first-order valence-corrected chi connectivity index (χ1v) is 6.28. The van der Waals surface area contributed by atoms with E-state index in [0.29, 0.717) is 12.4 Å². The van der Waals surface area contributed by atoms with Crippen LogP contribution in [0.1, 0.15) is 25.3 Å². The molecule has 0 aliphatic carbocycles. The highest BCUT2D eigenvalue weighted by Gasteiger charge is 2.05. The van der Waals surface area contributed by atoms with E-state index in [9.17, 15) is 0 Å². The highest BCUT2D eigenvalue weighted by Crippen LogP contribution is 2.20. The molecule has 18 heavy (non-hydrogen) atoms. The minimum absolute atomic E-state index is 0.539. The number of anilines is 1. The van der Waals surface area contributed by atoms with Crippen LogP contribution in [0.2, 0.25) is 0 Å². The molecule has 2 aromatic rings. The van der Waals surface area contributed by atoms with Gasteiger partial charge in [0.1, 0.15) is 5.82 Å². The zero-order valence-corrected chi connectivity index (χ0v) is 10.6. The largest absolute Gasteiger partial charge is 0.377 e. The maximum atomic E-state index is 5.62. The molecule has 0 fully saturated rings. The molecule has 0 saturated carbocycles. The molecule has 0 aliphatic heterocycles. The molecule has 4 nitrogen and oxygen atoms in total. The first-order chi connectivity index (χ1) is 8.85. The van der Waals surface area contributed by atoms with Crippen molar-refractivity contribution in [1.82, 2.24) is 4.98 Å². The maximum absolute atomic E-state index is 5.62. The number of fused-ring (bicyclic) bond motifs is 1. The highest BCUT2D eigenvalue weighted by molar-refractivity contribution is 5.81. The fourth-order valence-electron chi connectivity index (χ4n) is 1.82. The van der Waals surface area contributed by atoms with E-state index in [1.165, 1.54) is 0 Å². The molecule has 3 N–H and O–H groups in total. The fourth-order valence-corrected chi connectivity index (χ4v) is 1.82. The molecule has 1 aromatic carbocycles. The normalized spacial score (nSPS) is 10.8. The minimum Gasteiger partial charge on any atom is -0.377 e. The second-order valence-corrected chi connectivity index (χ2v) is 4.24. The standard InChI is InChI=1S/C14H19N3O/c1-2-3-8-18-10-12-9-11-6-4-5-7-13(11)16-14(12)17-15/h4-7,9H,2-3,8,10,15H2,1H3,(H,16,17). The van der Waals surface area contributed by atoms with Crippen molar-refractivity contribution in [2.75, 3.05) is 12.0 Å². The number of pyridine rings is 1. The molecule has 1 heterocycles. The Labute approximate surface area is 107 Å².